The van der Waals surface area contributed by atoms with Gasteiger partial charge in [0, 0.05) is 12.6 Å². The first-order chi connectivity index (χ1) is 8.38. The molecule has 1 aromatic rings. The smallest absolute Gasteiger partial charge is 0.126 e. The van der Waals surface area contributed by atoms with Crippen molar-refractivity contribution in [2.24, 2.45) is 5.92 Å². The van der Waals surface area contributed by atoms with Gasteiger partial charge in [0.15, 0.2) is 0 Å². The lowest BCUT2D eigenvalue weighted by Crippen LogP contribution is -2.33. The van der Waals surface area contributed by atoms with Crippen molar-refractivity contribution in [3.05, 3.63) is 17.8 Å². The maximum atomic E-state index is 5.78. The van der Waals surface area contributed by atoms with E-state index in [1.165, 1.54) is 0 Å². The Kier molecular flexibility index (Phi) is 5.41. The molecule has 4 heteroatoms. The van der Waals surface area contributed by atoms with Gasteiger partial charge in [0.05, 0.1) is 11.9 Å². The van der Waals surface area contributed by atoms with Crippen molar-refractivity contribution >= 4 is 11.5 Å². The second-order valence-corrected chi connectivity index (χ2v) is 5.66. The number of hydrogen-bond acceptors (Lipinski definition) is 4. The minimum absolute atomic E-state index is 0.413. The number of nitrogens with two attached hydrogens (primary N) is 1. The summed E-state index contributed by atoms with van der Waals surface area (Å²) in [6, 6.07) is 2.42. The first kappa shape index (κ1) is 14.8. The molecule has 0 bridgehead atoms. The lowest BCUT2D eigenvalue weighted by molar-refractivity contribution is 0.356. The van der Waals surface area contributed by atoms with E-state index in [0.717, 1.165) is 30.0 Å². The van der Waals surface area contributed by atoms with Crippen LogP contribution in [0.15, 0.2) is 12.3 Å². The van der Waals surface area contributed by atoms with Crippen molar-refractivity contribution in [3.63, 3.8) is 0 Å². The highest BCUT2D eigenvalue weighted by Crippen LogP contribution is 2.16. The molecule has 1 aromatic heterocycles. The van der Waals surface area contributed by atoms with Gasteiger partial charge >= 0.3 is 0 Å². The minimum Gasteiger partial charge on any atom is -0.397 e. The van der Waals surface area contributed by atoms with Gasteiger partial charge in [-0.05, 0) is 45.0 Å². The summed E-state index contributed by atoms with van der Waals surface area (Å²) in [5, 5.41) is 3.50. The Balaban J connectivity index is 2.71. The van der Waals surface area contributed by atoms with Crippen LogP contribution < -0.4 is 11.1 Å². The van der Waals surface area contributed by atoms with E-state index in [9.17, 15) is 0 Å². The molecular weight excluding hydrogens is 224 g/mol. The number of nitrogens with one attached hydrogen (secondary N) is 1. The van der Waals surface area contributed by atoms with Gasteiger partial charge in [0.1, 0.15) is 5.82 Å². The zero-order valence-electron chi connectivity index (χ0n) is 12.2. The zero-order chi connectivity index (χ0) is 13.7. The molecule has 1 heterocycles. The predicted octanol–water partition coefficient (Wildman–Crippen LogP) is 2.36. The van der Waals surface area contributed by atoms with Gasteiger partial charge in [-0.2, -0.15) is 0 Å². The van der Waals surface area contributed by atoms with Gasteiger partial charge in [0.2, 0.25) is 0 Å². The molecule has 0 aromatic carbocycles. The van der Waals surface area contributed by atoms with Gasteiger partial charge in [0.25, 0.3) is 0 Å². The van der Waals surface area contributed by atoms with Crippen LogP contribution in [0, 0.1) is 12.8 Å². The third-order valence-corrected chi connectivity index (χ3v) is 2.84. The molecule has 0 radical (unpaired) electrons. The number of anilines is 2. The van der Waals surface area contributed by atoms with Crippen LogP contribution in [0.25, 0.3) is 0 Å². The van der Waals surface area contributed by atoms with Crippen molar-refractivity contribution in [1.29, 1.82) is 0 Å². The number of hydrogen-bond donors (Lipinski definition) is 2. The number of aromatic nitrogens is 1. The Morgan fingerprint density at radius 1 is 1.39 bits per heavy atom. The van der Waals surface area contributed by atoms with Crippen LogP contribution in [0.4, 0.5) is 11.5 Å². The van der Waals surface area contributed by atoms with E-state index >= 15 is 0 Å². The molecule has 0 aliphatic carbocycles. The molecule has 18 heavy (non-hydrogen) atoms. The Labute approximate surface area is 111 Å². The summed E-state index contributed by atoms with van der Waals surface area (Å²) >= 11 is 0. The molecule has 1 rings (SSSR count). The monoisotopic (exact) mass is 250 g/mol. The number of nitrogens with zero attached hydrogens (tertiary/aromatic N) is 2. The van der Waals surface area contributed by atoms with Gasteiger partial charge < -0.3 is 16.0 Å². The third kappa shape index (κ3) is 4.92. The number of likely N-dealkylation sites (N-methyl/N-ethyl adjacent to an activating group) is 1. The minimum atomic E-state index is 0.413. The van der Waals surface area contributed by atoms with Gasteiger partial charge in [-0.3, -0.25) is 0 Å². The number of nitrogen functional groups attached to an aromatic ring is 1. The second-order valence-electron chi connectivity index (χ2n) is 5.66. The van der Waals surface area contributed by atoms with Crippen LogP contribution >= 0.6 is 0 Å². The van der Waals surface area contributed by atoms with E-state index in [0.29, 0.717) is 12.0 Å². The lowest BCUT2D eigenvalue weighted by Gasteiger charge is -2.24. The van der Waals surface area contributed by atoms with E-state index in [4.69, 9.17) is 5.73 Å². The zero-order valence-corrected chi connectivity index (χ0v) is 12.2. The number of rotatable bonds is 6. The van der Waals surface area contributed by atoms with Crippen molar-refractivity contribution in [2.75, 3.05) is 31.7 Å². The summed E-state index contributed by atoms with van der Waals surface area (Å²) in [4.78, 5) is 6.54. The molecule has 0 saturated heterocycles. The standard InChI is InChI=1S/C14H26N4/c1-10(2)6-12(9-18(4)5)17-14-7-11(3)13(15)8-16-14/h7-8,10,12H,6,9,15H2,1-5H3,(H,16,17). The Morgan fingerprint density at radius 2 is 2.06 bits per heavy atom. The fourth-order valence-corrected chi connectivity index (χ4v) is 2.04. The van der Waals surface area contributed by atoms with Gasteiger partial charge in [-0.15, -0.1) is 0 Å². The average molecular weight is 250 g/mol. The number of pyridine rings is 1. The molecule has 1 unspecified atom stereocenters. The van der Waals surface area contributed by atoms with E-state index in [1.54, 1.807) is 6.20 Å². The summed E-state index contributed by atoms with van der Waals surface area (Å²) in [7, 11) is 4.19. The highest BCUT2D eigenvalue weighted by Gasteiger charge is 2.12. The molecule has 0 fully saturated rings. The van der Waals surface area contributed by atoms with E-state index in [2.05, 4.69) is 43.1 Å². The first-order valence-corrected chi connectivity index (χ1v) is 6.52. The predicted molar refractivity (Wildman–Crippen MR) is 78.8 cm³/mol. The fraction of sp³-hybridized carbons (Fsp3) is 0.643. The highest BCUT2D eigenvalue weighted by molar-refractivity contribution is 5.51. The molecule has 0 aliphatic heterocycles. The van der Waals surface area contributed by atoms with Crippen molar-refractivity contribution in [3.8, 4) is 0 Å². The Bertz CT molecular complexity index is 364. The van der Waals surface area contributed by atoms with Crippen LogP contribution in [0.3, 0.4) is 0 Å². The molecule has 0 spiro atoms. The van der Waals surface area contributed by atoms with E-state index in [-0.39, 0.29) is 0 Å². The SMILES string of the molecule is Cc1cc(NC(CC(C)C)CN(C)C)ncc1N. The quantitative estimate of drug-likeness (QED) is 0.814. The maximum Gasteiger partial charge on any atom is 0.126 e. The topological polar surface area (TPSA) is 54.2 Å². The van der Waals surface area contributed by atoms with Crippen LogP contribution in [-0.2, 0) is 0 Å². The normalized spacial score (nSPS) is 13.1. The first-order valence-electron chi connectivity index (χ1n) is 6.52. The third-order valence-electron chi connectivity index (χ3n) is 2.84. The van der Waals surface area contributed by atoms with Crippen LogP contribution in [0.1, 0.15) is 25.8 Å². The largest absolute Gasteiger partial charge is 0.397 e. The highest BCUT2D eigenvalue weighted by atomic mass is 15.1. The van der Waals surface area contributed by atoms with Gasteiger partial charge in [-0.25, -0.2) is 4.98 Å². The molecule has 1 atom stereocenters. The number of aryl methyl sites for hydroxylation is 1. The summed E-state index contributed by atoms with van der Waals surface area (Å²) in [5.74, 6) is 1.58. The summed E-state index contributed by atoms with van der Waals surface area (Å²) in [6.07, 6.45) is 2.85. The molecule has 0 aliphatic rings. The molecular formula is C14H26N4. The van der Waals surface area contributed by atoms with Gasteiger partial charge in [-0.1, -0.05) is 13.8 Å². The van der Waals surface area contributed by atoms with Crippen molar-refractivity contribution in [1.82, 2.24) is 9.88 Å². The van der Waals surface area contributed by atoms with E-state index in [1.807, 2.05) is 13.0 Å². The fourth-order valence-electron chi connectivity index (χ4n) is 2.04. The maximum absolute atomic E-state index is 5.78. The lowest BCUT2D eigenvalue weighted by atomic mass is 10.0. The molecule has 4 nitrogen and oxygen atoms in total. The van der Waals surface area contributed by atoms with Crippen LogP contribution in [0.5, 0.6) is 0 Å². The summed E-state index contributed by atoms with van der Waals surface area (Å²) < 4.78 is 0. The Morgan fingerprint density at radius 3 is 2.56 bits per heavy atom. The molecule has 0 amide bonds. The molecule has 3 N–H and O–H groups in total. The second kappa shape index (κ2) is 6.59. The van der Waals surface area contributed by atoms with E-state index < -0.39 is 0 Å². The molecule has 102 valence electrons. The molecule has 0 saturated carbocycles. The Hall–Kier alpha value is -1.29. The summed E-state index contributed by atoms with van der Waals surface area (Å²) in [5.41, 5.74) is 7.60. The van der Waals surface area contributed by atoms with Crippen molar-refractivity contribution in [2.45, 2.75) is 33.2 Å². The van der Waals surface area contributed by atoms with Crippen molar-refractivity contribution < 1.29 is 0 Å². The summed E-state index contributed by atoms with van der Waals surface area (Å²) in [6.45, 7) is 7.49. The van der Waals surface area contributed by atoms with Crippen LogP contribution in [-0.4, -0.2) is 36.6 Å². The van der Waals surface area contributed by atoms with Crippen LogP contribution in [0.2, 0.25) is 0 Å². The average Bonchev–Trinajstić information content (AvgIpc) is 2.21.